The Kier molecular flexibility index (Phi) is 3.07. The first-order valence-corrected chi connectivity index (χ1v) is 5.23. The molecule has 0 radical (unpaired) electrons. The third kappa shape index (κ3) is 2.00. The minimum absolute atomic E-state index is 0.111. The number of nitrogens with zero attached hydrogens (tertiary/aromatic N) is 3. The average molecular weight is 224 g/mol. The molecule has 1 saturated heterocycles. The number of hydrazine groups is 1. The van der Waals surface area contributed by atoms with Gasteiger partial charge in [0.15, 0.2) is 0 Å². The number of nitrogen functional groups attached to an aromatic ring is 2. The third-order valence-corrected chi connectivity index (χ3v) is 2.76. The zero-order valence-electron chi connectivity index (χ0n) is 8.93. The van der Waals surface area contributed by atoms with Crippen LogP contribution in [0.4, 0.5) is 17.6 Å². The molecule has 2 rings (SSSR count). The number of rotatable bonds is 3. The first-order valence-electron chi connectivity index (χ1n) is 5.23. The predicted molar refractivity (Wildman–Crippen MR) is 61.7 cm³/mol. The molecule has 7 nitrogen and oxygen atoms in total. The Labute approximate surface area is 93.4 Å². The van der Waals surface area contributed by atoms with Gasteiger partial charge in [-0.2, -0.15) is 9.97 Å². The van der Waals surface area contributed by atoms with Crippen LogP contribution in [0.3, 0.4) is 0 Å². The largest absolute Gasteiger partial charge is 0.394 e. The molecule has 16 heavy (non-hydrogen) atoms. The van der Waals surface area contributed by atoms with Crippen LogP contribution < -0.4 is 21.9 Å². The Balaban J connectivity index is 2.28. The van der Waals surface area contributed by atoms with Crippen molar-refractivity contribution in [2.75, 3.05) is 29.2 Å². The van der Waals surface area contributed by atoms with Gasteiger partial charge in [0, 0.05) is 12.6 Å². The van der Waals surface area contributed by atoms with Crippen LogP contribution >= 0.6 is 0 Å². The maximum absolute atomic E-state index is 9.24. The molecule has 0 aliphatic carbocycles. The van der Waals surface area contributed by atoms with Crippen molar-refractivity contribution in [3.63, 3.8) is 0 Å². The average Bonchev–Trinajstić information content (AvgIpc) is 2.76. The SMILES string of the molecule is NNc1cc(N2CCCC2CO)nc(N)n1. The smallest absolute Gasteiger partial charge is 0.223 e. The summed E-state index contributed by atoms with van der Waals surface area (Å²) in [7, 11) is 0. The van der Waals surface area contributed by atoms with Gasteiger partial charge in [0.25, 0.3) is 0 Å². The van der Waals surface area contributed by atoms with Crippen LogP contribution in [0.25, 0.3) is 0 Å². The second-order valence-corrected chi connectivity index (χ2v) is 3.79. The Hall–Kier alpha value is -1.60. The van der Waals surface area contributed by atoms with Crippen LogP contribution in [-0.2, 0) is 0 Å². The Morgan fingerprint density at radius 2 is 2.38 bits per heavy atom. The van der Waals surface area contributed by atoms with Crippen molar-refractivity contribution in [3.05, 3.63) is 6.07 Å². The quantitative estimate of drug-likeness (QED) is 0.397. The van der Waals surface area contributed by atoms with Gasteiger partial charge in [-0.1, -0.05) is 0 Å². The van der Waals surface area contributed by atoms with Crippen molar-refractivity contribution in [1.82, 2.24) is 9.97 Å². The van der Waals surface area contributed by atoms with Gasteiger partial charge in [0.05, 0.1) is 12.6 Å². The minimum atomic E-state index is 0.111. The normalized spacial score (nSPS) is 20.1. The second-order valence-electron chi connectivity index (χ2n) is 3.79. The molecule has 0 bridgehead atoms. The zero-order valence-corrected chi connectivity index (χ0v) is 8.93. The van der Waals surface area contributed by atoms with Gasteiger partial charge in [0.2, 0.25) is 5.95 Å². The van der Waals surface area contributed by atoms with E-state index in [1.54, 1.807) is 6.07 Å². The lowest BCUT2D eigenvalue weighted by molar-refractivity contribution is 0.266. The highest BCUT2D eigenvalue weighted by molar-refractivity contribution is 5.53. The maximum atomic E-state index is 9.24. The molecule has 1 aliphatic rings. The number of nitrogens with two attached hydrogens (primary N) is 2. The van der Waals surface area contributed by atoms with Crippen molar-refractivity contribution >= 4 is 17.6 Å². The van der Waals surface area contributed by atoms with E-state index >= 15 is 0 Å². The van der Waals surface area contributed by atoms with Crippen LogP contribution in [-0.4, -0.2) is 34.3 Å². The summed E-state index contributed by atoms with van der Waals surface area (Å²) < 4.78 is 0. The first-order chi connectivity index (χ1) is 7.74. The molecule has 0 spiro atoms. The summed E-state index contributed by atoms with van der Waals surface area (Å²) in [6, 6.07) is 1.84. The van der Waals surface area contributed by atoms with Gasteiger partial charge in [-0.3, -0.25) is 0 Å². The van der Waals surface area contributed by atoms with Crippen molar-refractivity contribution in [2.24, 2.45) is 5.84 Å². The lowest BCUT2D eigenvalue weighted by atomic mass is 10.2. The molecule has 1 unspecified atom stereocenters. The number of anilines is 3. The zero-order chi connectivity index (χ0) is 11.5. The van der Waals surface area contributed by atoms with E-state index in [1.165, 1.54) is 0 Å². The number of aliphatic hydroxyl groups is 1. The van der Waals surface area contributed by atoms with Crippen LogP contribution in [0.15, 0.2) is 6.07 Å². The fourth-order valence-electron chi connectivity index (χ4n) is 2.00. The predicted octanol–water partition coefficient (Wildman–Crippen LogP) is -0.695. The second kappa shape index (κ2) is 4.50. The molecule has 6 N–H and O–H groups in total. The summed E-state index contributed by atoms with van der Waals surface area (Å²) in [5, 5.41) is 9.24. The molecule has 1 aromatic heterocycles. The minimum Gasteiger partial charge on any atom is -0.394 e. The Morgan fingerprint density at radius 1 is 1.56 bits per heavy atom. The Bertz CT molecular complexity index is 371. The molecular weight excluding hydrogens is 208 g/mol. The van der Waals surface area contributed by atoms with Gasteiger partial charge < -0.3 is 21.2 Å². The molecular formula is C9H16N6O. The van der Waals surface area contributed by atoms with Crippen LogP contribution in [0.5, 0.6) is 0 Å². The van der Waals surface area contributed by atoms with Gasteiger partial charge in [-0.05, 0) is 12.8 Å². The topological polar surface area (TPSA) is 113 Å². The van der Waals surface area contributed by atoms with Gasteiger partial charge in [0.1, 0.15) is 11.6 Å². The lowest BCUT2D eigenvalue weighted by Gasteiger charge is -2.24. The molecule has 1 aliphatic heterocycles. The molecule has 1 aromatic rings. The highest BCUT2D eigenvalue weighted by Crippen LogP contribution is 2.25. The lowest BCUT2D eigenvalue weighted by Crippen LogP contribution is -2.33. The summed E-state index contributed by atoms with van der Waals surface area (Å²) in [6.07, 6.45) is 2.01. The van der Waals surface area contributed by atoms with E-state index in [1.807, 2.05) is 4.90 Å². The summed E-state index contributed by atoms with van der Waals surface area (Å²) in [5.74, 6) is 6.65. The van der Waals surface area contributed by atoms with E-state index in [-0.39, 0.29) is 18.6 Å². The fraction of sp³-hybridized carbons (Fsp3) is 0.556. The first kappa shape index (κ1) is 10.9. The maximum Gasteiger partial charge on any atom is 0.223 e. The summed E-state index contributed by atoms with van der Waals surface area (Å²) in [6.45, 7) is 0.987. The van der Waals surface area contributed by atoms with E-state index in [2.05, 4.69) is 15.4 Å². The molecule has 0 aromatic carbocycles. The summed E-state index contributed by atoms with van der Waals surface area (Å²) >= 11 is 0. The van der Waals surface area contributed by atoms with E-state index in [9.17, 15) is 5.11 Å². The van der Waals surface area contributed by atoms with Crippen molar-refractivity contribution < 1.29 is 5.11 Å². The molecule has 7 heteroatoms. The third-order valence-electron chi connectivity index (χ3n) is 2.76. The van der Waals surface area contributed by atoms with Crippen molar-refractivity contribution in [3.8, 4) is 0 Å². The molecule has 88 valence electrons. The molecule has 2 heterocycles. The highest BCUT2D eigenvalue weighted by atomic mass is 16.3. The van der Waals surface area contributed by atoms with Crippen LogP contribution in [0.1, 0.15) is 12.8 Å². The summed E-state index contributed by atoms with van der Waals surface area (Å²) in [5.41, 5.74) is 8.03. The van der Waals surface area contributed by atoms with Crippen molar-refractivity contribution in [1.29, 1.82) is 0 Å². The van der Waals surface area contributed by atoms with Gasteiger partial charge in [-0.15, -0.1) is 0 Å². The number of aliphatic hydroxyl groups excluding tert-OH is 1. The van der Waals surface area contributed by atoms with Crippen LogP contribution in [0.2, 0.25) is 0 Å². The molecule has 1 atom stereocenters. The monoisotopic (exact) mass is 224 g/mol. The number of nitrogens with one attached hydrogen (secondary N) is 1. The van der Waals surface area contributed by atoms with E-state index in [0.29, 0.717) is 11.6 Å². The number of hydrogen-bond acceptors (Lipinski definition) is 7. The van der Waals surface area contributed by atoms with E-state index in [0.717, 1.165) is 19.4 Å². The summed E-state index contributed by atoms with van der Waals surface area (Å²) in [4.78, 5) is 10.1. The number of aromatic nitrogens is 2. The van der Waals surface area contributed by atoms with Crippen LogP contribution in [0, 0.1) is 0 Å². The van der Waals surface area contributed by atoms with Crippen molar-refractivity contribution in [2.45, 2.75) is 18.9 Å². The Morgan fingerprint density at radius 3 is 3.06 bits per heavy atom. The van der Waals surface area contributed by atoms with Gasteiger partial charge >= 0.3 is 0 Å². The van der Waals surface area contributed by atoms with E-state index < -0.39 is 0 Å². The number of hydrogen-bond donors (Lipinski definition) is 4. The molecule has 1 fully saturated rings. The van der Waals surface area contributed by atoms with Gasteiger partial charge in [-0.25, -0.2) is 5.84 Å². The fourth-order valence-corrected chi connectivity index (χ4v) is 2.00. The van der Waals surface area contributed by atoms with E-state index in [4.69, 9.17) is 11.6 Å². The highest BCUT2D eigenvalue weighted by Gasteiger charge is 2.25. The molecule has 0 saturated carbocycles. The molecule has 0 amide bonds. The standard InChI is InChI=1S/C9H16N6O/c10-9-12-7(14-11)4-8(13-9)15-3-1-2-6(15)5-16/h4,6,16H,1-3,5,11H2,(H3,10,12,13,14).